The smallest absolute Gasteiger partial charge is 0.206 e. The van der Waals surface area contributed by atoms with E-state index in [0.717, 1.165) is 21.8 Å². The fraction of sp³-hybridized carbons (Fsp3) is 0.100. The average Bonchev–Trinajstić information content (AvgIpc) is 3.13. The first-order valence-corrected chi connectivity index (χ1v) is 9.89. The lowest BCUT2D eigenvalue weighted by Gasteiger charge is -2.04. The fourth-order valence-electron chi connectivity index (χ4n) is 2.67. The van der Waals surface area contributed by atoms with Crippen molar-refractivity contribution >= 4 is 39.0 Å². The Labute approximate surface area is 155 Å². The Hall–Kier alpha value is -2.37. The van der Waals surface area contributed by atoms with Gasteiger partial charge in [0.05, 0.1) is 0 Å². The number of rotatable bonds is 6. The molecule has 0 bridgehead atoms. The Balaban J connectivity index is 1.39. The minimum atomic E-state index is 0.767. The topological polar surface area (TPSA) is 37.8 Å². The monoisotopic (exact) mass is 363 g/mol. The average molecular weight is 364 g/mol. The summed E-state index contributed by atoms with van der Waals surface area (Å²) in [6.45, 7) is 0.767. The first-order chi connectivity index (χ1) is 12.4. The van der Waals surface area contributed by atoms with Gasteiger partial charge < -0.3 is 5.32 Å². The Morgan fingerprint density at radius 2 is 1.64 bits per heavy atom. The van der Waals surface area contributed by atoms with E-state index < -0.39 is 0 Å². The van der Waals surface area contributed by atoms with E-state index in [4.69, 9.17) is 0 Å². The molecule has 124 valence electrons. The normalized spacial score (nSPS) is 10.9. The summed E-state index contributed by atoms with van der Waals surface area (Å²) in [7, 11) is 0. The quantitative estimate of drug-likeness (QED) is 0.453. The van der Waals surface area contributed by atoms with Crippen LogP contribution < -0.4 is 5.32 Å². The summed E-state index contributed by atoms with van der Waals surface area (Å²) in [5, 5.41) is 15.3. The van der Waals surface area contributed by atoms with Gasteiger partial charge in [0.25, 0.3) is 0 Å². The Kier molecular flexibility index (Phi) is 4.95. The second-order valence-electron chi connectivity index (χ2n) is 5.64. The first kappa shape index (κ1) is 16.1. The molecule has 0 spiro atoms. The number of thioether (sulfide) groups is 1. The van der Waals surface area contributed by atoms with E-state index in [1.807, 2.05) is 18.2 Å². The van der Waals surface area contributed by atoms with Gasteiger partial charge in [-0.05, 0) is 21.9 Å². The highest BCUT2D eigenvalue weighted by molar-refractivity contribution is 8.00. The Bertz CT molecular complexity index is 962. The number of aromatic nitrogens is 2. The van der Waals surface area contributed by atoms with Crippen LogP contribution in [0.3, 0.4) is 0 Å². The largest absolute Gasteiger partial charge is 0.356 e. The van der Waals surface area contributed by atoms with Gasteiger partial charge in [0, 0.05) is 12.3 Å². The van der Waals surface area contributed by atoms with Crippen LogP contribution in [0.2, 0.25) is 0 Å². The lowest BCUT2D eigenvalue weighted by molar-refractivity contribution is 0.995. The minimum Gasteiger partial charge on any atom is -0.356 e. The Morgan fingerprint density at radius 3 is 2.56 bits per heavy atom. The van der Waals surface area contributed by atoms with Crippen molar-refractivity contribution in [1.82, 2.24) is 10.2 Å². The molecule has 0 atom stereocenters. The van der Waals surface area contributed by atoms with Crippen LogP contribution in [-0.2, 0) is 12.3 Å². The second-order valence-corrected chi connectivity index (χ2v) is 7.84. The highest BCUT2D eigenvalue weighted by Crippen LogP contribution is 2.30. The van der Waals surface area contributed by atoms with Gasteiger partial charge in [-0.25, -0.2) is 0 Å². The van der Waals surface area contributed by atoms with Crippen LogP contribution in [0.4, 0.5) is 5.13 Å². The number of fused-ring (bicyclic) bond motifs is 1. The van der Waals surface area contributed by atoms with Gasteiger partial charge in [-0.3, -0.25) is 0 Å². The molecule has 4 rings (SSSR count). The molecule has 0 radical (unpaired) electrons. The molecule has 3 nitrogen and oxygen atoms in total. The van der Waals surface area contributed by atoms with Gasteiger partial charge in [-0.1, -0.05) is 95.9 Å². The van der Waals surface area contributed by atoms with E-state index >= 15 is 0 Å². The van der Waals surface area contributed by atoms with Crippen molar-refractivity contribution in [2.24, 2.45) is 0 Å². The molecule has 1 aromatic heterocycles. The summed E-state index contributed by atoms with van der Waals surface area (Å²) in [6.07, 6.45) is 0. The van der Waals surface area contributed by atoms with E-state index in [9.17, 15) is 0 Å². The number of anilines is 1. The van der Waals surface area contributed by atoms with E-state index in [2.05, 4.69) is 70.1 Å². The van der Waals surface area contributed by atoms with Gasteiger partial charge >= 0.3 is 0 Å². The molecule has 0 aliphatic rings. The summed E-state index contributed by atoms with van der Waals surface area (Å²) in [5.41, 5.74) is 2.57. The van der Waals surface area contributed by atoms with Gasteiger partial charge in [0.15, 0.2) is 4.34 Å². The zero-order chi connectivity index (χ0) is 16.9. The number of nitrogens with one attached hydrogen (secondary N) is 1. The molecule has 4 aromatic rings. The van der Waals surface area contributed by atoms with Crippen LogP contribution in [0.15, 0.2) is 77.1 Å². The van der Waals surface area contributed by atoms with Crippen molar-refractivity contribution in [3.63, 3.8) is 0 Å². The summed E-state index contributed by atoms with van der Waals surface area (Å²) in [4.78, 5) is 0. The van der Waals surface area contributed by atoms with Gasteiger partial charge in [0.2, 0.25) is 5.13 Å². The molecule has 5 heteroatoms. The van der Waals surface area contributed by atoms with E-state index in [-0.39, 0.29) is 0 Å². The van der Waals surface area contributed by atoms with Gasteiger partial charge in [-0.15, -0.1) is 10.2 Å². The third kappa shape index (κ3) is 4.00. The Morgan fingerprint density at radius 1 is 0.840 bits per heavy atom. The lowest BCUT2D eigenvalue weighted by atomic mass is 10.1. The summed E-state index contributed by atoms with van der Waals surface area (Å²) < 4.78 is 0.989. The van der Waals surface area contributed by atoms with Gasteiger partial charge in [-0.2, -0.15) is 0 Å². The molecule has 1 heterocycles. The zero-order valence-electron chi connectivity index (χ0n) is 13.6. The molecular weight excluding hydrogens is 346 g/mol. The molecule has 0 amide bonds. The number of nitrogens with zero attached hydrogens (tertiary/aromatic N) is 2. The minimum absolute atomic E-state index is 0.767. The van der Waals surface area contributed by atoms with E-state index in [1.165, 1.54) is 21.9 Å². The molecule has 0 aliphatic heterocycles. The second kappa shape index (κ2) is 7.68. The molecule has 25 heavy (non-hydrogen) atoms. The maximum absolute atomic E-state index is 4.29. The van der Waals surface area contributed by atoms with E-state index in [0.29, 0.717) is 0 Å². The molecule has 3 aromatic carbocycles. The van der Waals surface area contributed by atoms with E-state index in [1.54, 1.807) is 23.1 Å². The van der Waals surface area contributed by atoms with Gasteiger partial charge in [0.1, 0.15) is 0 Å². The number of hydrogen-bond acceptors (Lipinski definition) is 5. The van der Waals surface area contributed by atoms with Crippen LogP contribution in [0.5, 0.6) is 0 Å². The summed E-state index contributed by atoms with van der Waals surface area (Å²) in [5.74, 6) is 0.897. The van der Waals surface area contributed by atoms with Crippen LogP contribution in [0, 0.1) is 0 Å². The first-order valence-electron chi connectivity index (χ1n) is 8.09. The predicted molar refractivity (Wildman–Crippen MR) is 107 cm³/mol. The SMILES string of the molecule is c1ccc(CNc2nnc(SCc3cccc4ccccc34)s2)cc1. The molecule has 0 fully saturated rings. The van der Waals surface area contributed by atoms with Crippen molar-refractivity contribution in [3.05, 3.63) is 83.9 Å². The molecule has 0 saturated carbocycles. The fourth-order valence-corrected chi connectivity index (χ4v) is 4.42. The molecule has 0 unspecified atom stereocenters. The van der Waals surface area contributed by atoms with Crippen LogP contribution in [-0.4, -0.2) is 10.2 Å². The summed E-state index contributed by atoms with van der Waals surface area (Å²) in [6, 6.07) is 25.3. The van der Waals surface area contributed by atoms with Crippen molar-refractivity contribution in [1.29, 1.82) is 0 Å². The number of benzene rings is 3. The van der Waals surface area contributed by atoms with Crippen molar-refractivity contribution < 1.29 is 0 Å². The van der Waals surface area contributed by atoms with Crippen molar-refractivity contribution in [2.75, 3.05) is 5.32 Å². The van der Waals surface area contributed by atoms with Crippen LogP contribution in [0.25, 0.3) is 10.8 Å². The maximum atomic E-state index is 4.29. The molecule has 1 N–H and O–H groups in total. The molecule has 0 saturated heterocycles. The van der Waals surface area contributed by atoms with Crippen molar-refractivity contribution in [3.8, 4) is 0 Å². The highest BCUT2D eigenvalue weighted by atomic mass is 32.2. The summed E-state index contributed by atoms with van der Waals surface area (Å²) >= 11 is 3.34. The third-order valence-electron chi connectivity index (χ3n) is 3.92. The van der Waals surface area contributed by atoms with Crippen molar-refractivity contribution in [2.45, 2.75) is 16.6 Å². The number of hydrogen-bond donors (Lipinski definition) is 1. The predicted octanol–water partition coefficient (Wildman–Crippen LogP) is 5.60. The molecule has 0 aliphatic carbocycles. The van der Waals surface area contributed by atoms with Crippen LogP contribution in [0.1, 0.15) is 11.1 Å². The third-order valence-corrected chi connectivity index (χ3v) is 5.99. The zero-order valence-corrected chi connectivity index (χ0v) is 15.2. The lowest BCUT2D eigenvalue weighted by Crippen LogP contribution is -1.98. The maximum Gasteiger partial charge on any atom is 0.206 e. The standard InChI is InChI=1S/C20H17N3S2/c1-2-7-15(8-3-1)13-21-19-22-23-20(25-19)24-14-17-11-6-10-16-9-4-5-12-18(16)17/h1-12H,13-14H2,(H,21,22). The highest BCUT2D eigenvalue weighted by Gasteiger charge is 2.07. The van der Waals surface area contributed by atoms with Crippen LogP contribution >= 0.6 is 23.1 Å². The molecular formula is C20H17N3S2.